The summed E-state index contributed by atoms with van der Waals surface area (Å²) in [6, 6.07) is 8.91. The molecular formula is C21H24Cl2FNO2. The maximum Gasteiger partial charge on any atom is 0.180 e. The van der Waals surface area contributed by atoms with E-state index in [1.54, 1.807) is 12.1 Å². The molecule has 0 heterocycles. The molecule has 1 N–H and O–H groups in total. The van der Waals surface area contributed by atoms with Gasteiger partial charge in [-0.05, 0) is 49.6 Å². The quantitative estimate of drug-likeness (QED) is 0.565. The van der Waals surface area contributed by atoms with Crippen LogP contribution in [-0.4, -0.2) is 12.6 Å². The second-order valence-electron chi connectivity index (χ2n) is 6.69. The average molecular weight is 412 g/mol. The third-order valence-electron chi connectivity index (χ3n) is 4.74. The van der Waals surface area contributed by atoms with Gasteiger partial charge in [0.05, 0.1) is 16.7 Å². The number of rotatable bonds is 8. The molecule has 0 unspecified atom stereocenters. The van der Waals surface area contributed by atoms with Crippen LogP contribution < -0.4 is 14.8 Å². The third kappa shape index (κ3) is 5.28. The highest BCUT2D eigenvalue weighted by molar-refractivity contribution is 6.32. The summed E-state index contributed by atoms with van der Waals surface area (Å²) in [6.45, 7) is 3.08. The maximum atomic E-state index is 14.0. The molecule has 1 saturated carbocycles. The molecule has 1 fully saturated rings. The van der Waals surface area contributed by atoms with Gasteiger partial charge in [0.15, 0.2) is 11.5 Å². The van der Waals surface area contributed by atoms with Gasteiger partial charge in [0.1, 0.15) is 12.4 Å². The van der Waals surface area contributed by atoms with E-state index < -0.39 is 5.82 Å². The Bertz CT molecular complexity index is 759. The number of nitrogens with one attached hydrogen (secondary N) is 1. The summed E-state index contributed by atoms with van der Waals surface area (Å²) >= 11 is 12.5. The SMILES string of the molecule is CCOc1cc(CNC2CCCC2)cc(Cl)c1OCc1c(F)cccc1Cl. The number of benzene rings is 2. The van der Waals surface area contributed by atoms with Gasteiger partial charge in [-0.15, -0.1) is 0 Å². The fraction of sp³-hybridized carbons (Fsp3) is 0.429. The van der Waals surface area contributed by atoms with Crippen molar-refractivity contribution < 1.29 is 13.9 Å². The van der Waals surface area contributed by atoms with Crippen LogP contribution in [0.15, 0.2) is 30.3 Å². The van der Waals surface area contributed by atoms with Crippen LogP contribution in [0.5, 0.6) is 11.5 Å². The lowest BCUT2D eigenvalue weighted by Crippen LogP contribution is -2.25. The van der Waals surface area contributed by atoms with Crippen LogP contribution in [0.25, 0.3) is 0 Å². The number of hydrogen-bond donors (Lipinski definition) is 1. The summed E-state index contributed by atoms with van der Waals surface area (Å²) in [6.07, 6.45) is 5.01. The van der Waals surface area contributed by atoms with Crippen LogP contribution in [0.2, 0.25) is 10.0 Å². The molecule has 1 aliphatic carbocycles. The lowest BCUT2D eigenvalue weighted by molar-refractivity contribution is 0.266. The van der Waals surface area contributed by atoms with Gasteiger partial charge in [-0.2, -0.15) is 0 Å². The van der Waals surface area contributed by atoms with Crippen LogP contribution >= 0.6 is 23.2 Å². The Hall–Kier alpha value is -1.49. The molecular weight excluding hydrogens is 388 g/mol. The summed E-state index contributed by atoms with van der Waals surface area (Å²) in [5.41, 5.74) is 1.33. The third-order valence-corrected chi connectivity index (χ3v) is 5.38. The zero-order valence-corrected chi connectivity index (χ0v) is 16.9. The molecule has 146 valence electrons. The molecule has 6 heteroatoms. The molecule has 27 heavy (non-hydrogen) atoms. The first-order chi connectivity index (χ1) is 13.1. The van der Waals surface area contributed by atoms with Crippen LogP contribution in [0.3, 0.4) is 0 Å². The van der Waals surface area contributed by atoms with Crippen molar-refractivity contribution in [1.82, 2.24) is 5.32 Å². The van der Waals surface area contributed by atoms with Crippen molar-refractivity contribution in [3.63, 3.8) is 0 Å². The van der Waals surface area contributed by atoms with Crippen molar-refractivity contribution >= 4 is 23.2 Å². The Labute approximate surface area is 169 Å². The summed E-state index contributed by atoms with van der Waals surface area (Å²) in [4.78, 5) is 0. The number of hydrogen-bond acceptors (Lipinski definition) is 3. The lowest BCUT2D eigenvalue weighted by Gasteiger charge is -2.17. The summed E-state index contributed by atoms with van der Waals surface area (Å²) in [5.74, 6) is 0.553. The molecule has 2 aromatic rings. The van der Waals surface area contributed by atoms with Crippen molar-refractivity contribution in [3.05, 3.63) is 57.3 Å². The van der Waals surface area contributed by atoms with Gasteiger partial charge >= 0.3 is 0 Å². The summed E-state index contributed by atoms with van der Waals surface area (Å²) in [7, 11) is 0. The van der Waals surface area contributed by atoms with Crippen LogP contribution in [0.4, 0.5) is 4.39 Å². The molecule has 3 rings (SSSR count). The number of ether oxygens (including phenoxy) is 2. The summed E-state index contributed by atoms with van der Waals surface area (Å²) in [5, 5.41) is 4.33. The fourth-order valence-corrected chi connectivity index (χ4v) is 3.84. The van der Waals surface area contributed by atoms with Gasteiger partial charge in [-0.25, -0.2) is 4.39 Å². The zero-order chi connectivity index (χ0) is 19.2. The second-order valence-corrected chi connectivity index (χ2v) is 7.50. The van der Waals surface area contributed by atoms with E-state index >= 15 is 0 Å². The highest BCUT2D eigenvalue weighted by atomic mass is 35.5. The Morgan fingerprint density at radius 3 is 2.59 bits per heavy atom. The predicted octanol–water partition coefficient (Wildman–Crippen LogP) is 6.14. The Balaban J connectivity index is 1.75. The molecule has 1 aliphatic rings. The molecule has 0 aromatic heterocycles. The average Bonchev–Trinajstić information content (AvgIpc) is 3.15. The number of halogens is 3. The van der Waals surface area contributed by atoms with Gasteiger partial charge in [0, 0.05) is 18.2 Å². The highest BCUT2D eigenvalue weighted by Gasteiger charge is 2.17. The van der Waals surface area contributed by atoms with Crippen LogP contribution in [0.1, 0.15) is 43.7 Å². The van der Waals surface area contributed by atoms with E-state index in [9.17, 15) is 4.39 Å². The molecule has 0 radical (unpaired) electrons. The van der Waals surface area contributed by atoms with Crippen LogP contribution in [0, 0.1) is 5.82 Å². The molecule has 0 saturated heterocycles. The van der Waals surface area contributed by atoms with E-state index in [4.69, 9.17) is 32.7 Å². The second kappa shape index (κ2) is 9.63. The normalized spacial score (nSPS) is 14.5. The minimum atomic E-state index is -0.408. The highest BCUT2D eigenvalue weighted by Crippen LogP contribution is 2.38. The van der Waals surface area contributed by atoms with Gasteiger partial charge in [-0.3, -0.25) is 0 Å². The molecule has 0 atom stereocenters. The van der Waals surface area contributed by atoms with E-state index in [2.05, 4.69) is 5.32 Å². The standard InChI is InChI=1S/C21H24Cl2FNO2/c1-2-26-20-11-14(12-25-15-6-3-4-7-15)10-18(23)21(20)27-13-16-17(22)8-5-9-19(16)24/h5,8-11,15,25H,2-4,6-7,12-13H2,1H3. The van der Waals surface area contributed by atoms with Gasteiger partial charge in [0.2, 0.25) is 0 Å². The zero-order valence-electron chi connectivity index (χ0n) is 15.4. The molecule has 0 bridgehead atoms. The van der Waals surface area contributed by atoms with Crippen molar-refractivity contribution in [3.8, 4) is 11.5 Å². The van der Waals surface area contributed by atoms with Gasteiger partial charge in [0.25, 0.3) is 0 Å². The van der Waals surface area contributed by atoms with E-state index in [0.29, 0.717) is 39.8 Å². The topological polar surface area (TPSA) is 30.5 Å². The first-order valence-corrected chi connectivity index (χ1v) is 10.1. The molecule has 3 nitrogen and oxygen atoms in total. The molecule has 0 amide bonds. The smallest absolute Gasteiger partial charge is 0.180 e. The van der Waals surface area contributed by atoms with Crippen LogP contribution in [-0.2, 0) is 13.2 Å². The Morgan fingerprint density at radius 1 is 1.11 bits per heavy atom. The first-order valence-electron chi connectivity index (χ1n) is 9.32. The summed E-state index contributed by atoms with van der Waals surface area (Å²) < 4.78 is 25.5. The molecule has 0 aliphatic heterocycles. The molecule has 2 aromatic carbocycles. The van der Waals surface area contributed by atoms with Gasteiger partial charge in [-0.1, -0.05) is 42.1 Å². The van der Waals surface area contributed by atoms with Crippen molar-refractivity contribution in [2.24, 2.45) is 0 Å². The monoisotopic (exact) mass is 411 g/mol. The van der Waals surface area contributed by atoms with Crippen molar-refractivity contribution in [2.45, 2.75) is 51.8 Å². The minimum absolute atomic E-state index is 0.0228. The van der Waals surface area contributed by atoms with Crippen molar-refractivity contribution in [2.75, 3.05) is 6.61 Å². The van der Waals surface area contributed by atoms with Gasteiger partial charge < -0.3 is 14.8 Å². The first kappa shape index (κ1) is 20.2. The van der Waals surface area contributed by atoms with E-state index in [1.165, 1.54) is 31.7 Å². The largest absolute Gasteiger partial charge is 0.490 e. The maximum absolute atomic E-state index is 14.0. The van der Waals surface area contributed by atoms with Crippen molar-refractivity contribution in [1.29, 1.82) is 0 Å². The lowest BCUT2D eigenvalue weighted by atomic mass is 10.1. The fourth-order valence-electron chi connectivity index (χ4n) is 3.33. The predicted molar refractivity (Wildman–Crippen MR) is 107 cm³/mol. The Morgan fingerprint density at radius 2 is 1.89 bits per heavy atom. The van der Waals surface area contributed by atoms with E-state index in [-0.39, 0.29) is 6.61 Å². The van der Waals surface area contributed by atoms with E-state index in [1.807, 2.05) is 19.1 Å². The Kier molecular flexibility index (Phi) is 7.22. The van der Waals surface area contributed by atoms with E-state index in [0.717, 1.165) is 12.1 Å². The minimum Gasteiger partial charge on any atom is -0.490 e. The molecule has 0 spiro atoms.